The predicted octanol–water partition coefficient (Wildman–Crippen LogP) is 4.41. The standard InChI is InChI=1S/C14H28O/c1-6-11(2)12-8-7-9-13(10-12)15-14(3,4)5/h11-13H,6-10H2,1-5H3. The normalized spacial score (nSPS) is 30.2. The average molecular weight is 212 g/mol. The Morgan fingerprint density at radius 3 is 2.47 bits per heavy atom. The zero-order valence-electron chi connectivity index (χ0n) is 11.2. The first kappa shape index (κ1) is 13.0. The summed E-state index contributed by atoms with van der Waals surface area (Å²) in [5, 5.41) is 0. The van der Waals surface area contributed by atoms with Gasteiger partial charge in [-0.05, 0) is 45.4 Å². The van der Waals surface area contributed by atoms with E-state index in [2.05, 4.69) is 34.6 Å². The molecule has 1 saturated carbocycles. The fourth-order valence-corrected chi connectivity index (χ4v) is 2.64. The lowest BCUT2D eigenvalue weighted by atomic mass is 9.78. The van der Waals surface area contributed by atoms with Crippen molar-refractivity contribution < 1.29 is 4.74 Å². The van der Waals surface area contributed by atoms with Crippen LogP contribution in [0.15, 0.2) is 0 Å². The molecular weight excluding hydrogens is 184 g/mol. The third-order valence-corrected chi connectivity index (χ3v) is 3.64. The summed E-state index contributed by atoms with van der Waals surface area (Å²) >= 11 is 0. The minimum Gasteiger partial charge on any atom is -0.373 e. The van der Waals surface area contributed by atoms with Crippen LogP contribution in [0.4, 0.5) is 0 Å². The summed E-state index contributed by atoms with van der Waals surface area (Å²) in [6.45, 7) is 11.2. The van der Waals surface area contributed by atoms with Gasteiger partial charge in [0.05, 0.1) is 11.7 Å². The van der Waals surface area contributed by atoms with E-state index in [1.807, 2.05) is 0 Å². The third kappa shape index (κ3) is 4.55. The van der Waals surface area contributed by atoms with Crippen LogP contribution in [0, 0.1) is 11.8 Å². The lowest BCUT2D eigenvalue weighted by molar-refractivity contribution is -0.0851. The van der Waals surface area contributed by atoms with Crippen LogP contribution in [0.5, 0.6) is 0 Å². The Kier molecular flexibility index (Phi) is 4.64. The number of hydrogen-bond donors (Lipinski definition) is 0. The van der Waals surface area contributed by atoms with Gasteiger partial charge < -0.3 is 4.74 Å². The van der Waals surface area contributed by atoms with Crippen LogP contribution in [0.3, 0.4) is 0 Å². The molecule has 3 atom stereocenters. The van der Waals surface area contributed by atoms with Gasteiger partial charge in [-0.2, -0.15) is 0 Å². The van der Waals surface area contributed by atoms with Crippen molar-refractivity contribution in [3.05, 3.63) is 0 Å². The average Bonchev–Trinajstić information content (AvgIpc) is 2.14. The molecule has 90 valence electrons. The van der Waals surface area contributed by atoms with Gasteiger partial charge in [0.2, 0.25) is 0 Å². The molecule has 0 saturated heterocycles. The van der Waals surface area contributed by atoms with Crippen molar-refractivity contribution in [3.8, 4) is 0 Å². The van der Waals surface area contributed by atoms with Crippen molar-refractivity contribution in [1.29, 1.82) is 0 Å². The smallest absolute Gasteiger partial charge is 0.0602 e. The molecule has 0 aliphatic heterocycles. The summed E-state index contributed by atoms with van der Waals surface area (Å²) in [6, 6.07) is 0. The lowest BCUT2D eigenvalue weighted by Crippen LogP contribution is -2.33. The van der Waals surface area contributed by atoms with E-state index in [1.54, 1.807) is 0 Å². The summed E-state index contributed by atoms with van der Waals surface area (Å²) in [7, 11) is 0. The van der Waals surface area contributed by atoms with Crippen molar-refractivity contribution in [2.45, 2.75) is 78.4 Å². The SMILES string of the molecule is CCC(C)C1CCCC(OC(C)(C)C)C1. The van der Waals surface area contributed by atoms with E-state index in [9.17, 15) is 0 Å². The number of rotatable bonds is 3. The molecule has 0 spiro atoms. The van der Waals surface area contributed by atoms with Gasteiger partial charge in [0.15, 0.2) is 0 Å². The van der Waals surface area contributed by atoms with Crippen LogP contribution in [0.2, 0.25) is 0 Å². The van der Waals surface area contributed by atoms with E-state index in [0.717, 1.165) is 11.8 Å². The van der Waals surface area contributed by atoms with Crippen LogP contribution >= 0.6 is 0 Å². The number of hydrogen-bond acceptors (Lipinski definition) is 1. The first-order valence-electron chi connectivity index (χ1n) is 6.60. The van der Waals surface area contributed by atoms with Gasteiger partial charge in [-0.15, -0.1) is 0 Å². The summed E-state index contributed by atoms with van der Waals surface area (Å²) in [5.74, 6) is 1.77. The molecule has 0 bridgehead atoms. The van der Waals surface area contributed by atoms with E-state index < -0.39 is 0 Å². The number of ether oxygens (including phenoxy) is 1. The monoisotopic (exact) mass is 212 g/mol. The van der Waals surface area contributed by atoms with Gasteiger partial charge in [-0.1, -0.05) is 33.1 Å². The molecule has 0 N–H and O–H groups in total. The summed E-state index contributed by atoms with van der Waals surface area (Å²) in [5.41, 5.74) is 0.0298. The molecule has 0 heterocycles. The molecule has 1 aliphatic carbocycles. The second-order valence-electron chi connectivity index (χ2n) is 6.16. The van der Waals surface area contributed by atoms with Crippen LogP contribution in [-0.4, -0.2) is 11.7 Å². The van der Waals surface area contributed by atoms with E-state index >= 15 is 0 Å². The predicted molar refractivity (Wildman–Crippen MR) is 66.0 cm³/mol. The van der Waals surface area contributed by atoms with Crippen LogP contribution in [-0.2, 0) is 4.74 Å². The molecule has 1 aliphatic rings. The van der Waals surface area contributed by atoms with E-state index in [-0.39, 0.29) is 5.60 Å². The Hall–Kier alpha value is -0.0400. The van der Waals surface area contributed by atoms with E-state index in [4.69, 9.17) is 4.74 Å². The molecule has 1 fully saturated rings. The Morgan fingerprint density at radius 1 is 1.27 bits per heavy atom. The van der Waals surface area contributed by atoms with Gasteiger partial charge >= 0.3 is 0 Å². The maximum absolute atomic E-state index is 6.10. The maximum atomic E-state index is 6.10. The van der Waals surface area contributed by atoms with Crippen molar-refractivity contribution >= 4 is 0 Å². The quantitative estimate of drug-likeness (QED) is 0.673. The molecular formula is C14H28O. The summed E-state index contributed by atoms with van der Waals surface area (Å²) < 4.78 is 6.10. The van der Waals surface area contributed by atoms with Crippen LogP contribution in [0.1, 0.15) is 66.7 Å². The van der Waals surface area contributed by atoms with Gasteiger partial charge in [0.25, 0.3) is 0 Å². The van der Waals surface area contributed by atoms with Crippen LogP contribution < -0.4 is 0 Å². The zero-order chi connectivity index (χ0) is 11.5. The highest BCUT2D eigenvalue weighted by Crippen LogP contribution is 2.34. The van der Waals surface area contributed by atoms with Crippen molar-refractivity contribution in [3.63, 3.8) is 0 Å². The van der Waals surface area contributed by atoms with Gasteiger partial charge in [-0.25, -0.2) is 0 Å². The van der Waals surface area contributed by atoms with Crippen molar-refractivity contribution in [1.82, 2.24) is 0 Å². The maximum Gasteiger partial charge on any atom is 0.0602 e. The first-order chi connectivity index (χ1) is 6.92. The van der Waals surface area contributed by atoms with Gasteiger partial charge in [0, 0.05) is 0 Å². The Bertz CT molecular complexity index is 180. The summed E-state index contributed by atoms with van der Waals surface area (Å²) in [4.78, 5) is 0. The van der Waals surface area contributed by atoms with Gasteiger partial charge in [0.1, 0.15) is 0 Å². The molecule has 0 amide bonds. The topological polar surface area (TPSA) is 9.23 Å². The first-order valence-corrected chi connectivity index (χ1v) is 6.60. The molecule has 15 heavy (non-hydrogen) atoms. The lowest BCUT2D eigenvalue weighted by Gasteiger charge is -2.36. The Balaban J connectivity index is 2.42. The molecule has 1 heteroatoms. The van der Waals surface area contributed by atoms with Gasteiger partial charge in [-0.3, -0.25) is 0 Å². The second kappa shape index (κ2) is 5.34. The van der Waals surface area contributed by atoms with E-state index in [0.29, 0.717) is 6.10 Å². The van der Waals surface area contributed by atoms with Crippen molar-refractivity contribution in [2.24, 2.45) is 11.8 Å². The molecule has 1 nitrogen and oxygen atoms in total. The minimum absolute atomic E-state index is 0.0298. The van der Waals surface area contributed by atoms with Crippen molar-refractivity contribution in [2.75, 3.05) is 0 Å². The minimum atomic E-state index is 0.0298. The van der Waals surface area contributed by atoms with E-state index in [1.165, 1.54) is 32.1 Å². The highest BCUT2D eigenvalue weighted by Gasteiger charge is 2.28. The highest BCUT2D eigenvalue weighted by molar-refractivity contribution is 4.78. The zero-order valence-corrected chi connectivity index (χ0v) is 11.2. The molecule has 0 aromatic rings. The fourth-order valence-electron chi connectivity index (χ4n) is 2.64. The Labute approximate surface area is 95.6 Å². The third-order valence-electron chi connectivity index (χ3n) is 3.64. The molecule has 0 aromatic heterocycles. The fraction of sp³-hybridized carbons (Fsp3) is 1.00. The molecule has 0 aromatic carbocycles. The highest BCUT2D eigenvalue weighted by atomic mass is 16.5. The summed E-state index contributed by atoms with van der Waals surface area (Å²) in [6.07, 6.45) is 7.15. The Morgan fingerprint density at radius 2 is 1.93 bits per heavy atom. The molecule has 1 rings (SSSR count). The molecule has 3 unspecified atom stereocenters. The molecule has 0 radical (unpaired) electrons. The largest absolute Gasteiger partial charge is 0.373 e. The second-order valence-corrected chi connectivity index (χ2v) is 6.16. The van der Waals surface area contributed by atoms with Crippen LogP contribution in [0.25, 0.3) is 0 Å².